The van der Waals surface area contributed by atoms with E-state index in [0.29, 0.717) is 22.2 Å². The lowest BCUT2D eigenvalue weighted by Gasteiger charge is -2.23. The highest BCUT2D eigenvalue weighted by molar-refractivity contribution is 6.39. The van der Waals surface area contributed by atoms with Gasteiger partial charge in [0, 0.05) is 20.0 Å². The number of carbonyl (C=O) groups excluding carboxylic acids is 3. The molecule has 2 atom stereocenters. The molecule has 0 aliphatic heterocycles. The molecule has 0 radical (unpaired) electrons. The molecule has 13 heteroatoms. The molecule has 1 amide bonds. The van der Waals surface area contributed by atoms with E-state index in [4.69, 9.17) is 37.4 Å². The van der Waals surface area contributed by atoms with Crippen LogP contribution in [-0.4, -0.2) is 45.6 Å². The number of nitrogens with zero attached hydrogens (tertiary/aromatic N) is 2. The Labute approximate surface area is 286 Å². The maximum Gasteiger partial charge on any atom is 0.511 e. The lowest BCUT2D eigenvalue weighted by atomic mass is 9.98. The zero-order chi connectivity index (χ0) is 34.4. The Morgan fingerprint density at radius 2 is 1.56 bits per heavy atom. The number of hydrogen-bond donors (Lipinski definition) is 1. The van der Waals surface area contributed by atoms with Gasteiger partial charge in [0.15, 0.2) is 0 Å². The quantitative estimate of drug-likeness (QED) is 0.155. The molecule has 252 valence electrons. The van der Waals surface area contributed by atoms with Gasteiger partial charge in [0.05, 0.1) is 38.6 Å². The molecular formula is C35H35Cl2N3O8. The number of halogens is 2. The smallest absolute Gasteiger partial charge is 0.431 e. The van der Waals surface area contributed by atoms with Crippen molar-refractivity contribution in [3.05, 3.63) is 109 Å². The van der Waals surface area contributed by atoms with Crippen LogP contribution in [0.3, 0.4) is 0 Å². The number of esters is 1. The predicted octanol–water partition coefficient (Wildman–Crippen LogP) is 6.10. The topological polar surface area (TPSA) is 135 Å². The summed E-state index contributed by atoms with van der Waals surface area (Å²) in [4.78, 5) is 64.9. The molecule has 1 fully saturated rings. The molecule has 48 heavy (non-hydrogen) atoms. The number of aryl methyl sites for hydroxylation is 1. The molecular weight excluding hydrogens is 661 g/mol. The number of carbonyl (C=O) groups is 3. The first-order valence-electron chi connectivity index (χ1n) is 15.6. The van der Waals surface area contributed by atoms with Crippen molar-refractivity contribution in [2.45, 2.75) is 70.3 Å². The lowest BCUT2D eigenvalue weighted by molar-refractivity contribution is -0.169. The standard InChI is InChI=1S/C35H35Cl2N3O8/c1-21(47-35(45)48-25-9-4-3-5-10-25)46-30(41)20-23(38-32(42)31-27(36)12-8-13-28(31)37)19-22-15-17-24(18-16-22)40-33(43)26-11-6-7-14-29(26)39(2)34(40)44/h6-8,11-18,21,23,25H,3-5,9-10,19-20H2,1-2H3,(H,38,42)/t21?,23-/m0/s1. The lowest BCUT2D eigenvalue weighted by Crippen LogP contribution is -2.39. The van der Waals surface area contributed by atoms with Crippen molar-refractivity contribution in [1.29, 1.82) is 0 Å². The number of benzene rings is 3. The SMILES string of the molecule is CC(OC(=O)C[C@H](Cc1ccc(-n2c(=O)c3ccccc3n(C)c2=O)cc1)NC(=O)c1c(Cl)cccc1Cl)OC(=O)OC1CCCCC1. The molecule has 1 aliphatic rings. The summed E-state index contributed by atoms with van der Waals surface area (Å²) in [6.45, 7) is 1.40. The third kappa shape index (κ3) is 8.26. The van der Waals surface area contributed by atoms with Gasteiger partial charge < -0.3 is 19.5 Å². The summed E-state index contributed by atoms with van der Waals surface area (Å²) in [5.41, 5.74) is 0.630. The van der Waals surface area contributed by atoms with Crippen LogP contribution in [0.2, 0.25) is 10.0 Å². The summed E-state index contributed by atoms with van der Waals surface area (Å²) in [7, 11) is 1.60. The van der Waals surface area contributed by atoms with Crippen LogP contribution in [0.25, 0.3) is 16.6 Å². The number of nitrogens with one attached hydrogen (secondary N) is 1. The van der Waals surface area contributed by atoms with E-state index in [-0.39, 0.29) is 34.6 Å². The molecule has 1 heterocycles. The molecule has 11 nitrogen and oxygen atoms in total. The van der Waals surface area contributed by atoms with Crippen LogP contribution < -0.4 is 16.6 Å². The zero-order valence-electron chi connectivity index (χ0n) is 26.4. The van der Waals surface area contributed by atoms with E-state index in [1.54, 1.807) is 61.6 Å². The average molecular weight is 697 g/mol. The van der Waals surface area contributed by atoms with Gasteiger partial charge in [0.2, 0.25) is 6.29 Å². The van der Waals surface area contributed by atoms with E-state index in [2.05, 4.69) is 5.32 Å². The Balaban J connectivity index is 1.32. The summed E-state index contributed by atoms with van der Waals surface area (Å²) in [6, 6.07) is 17.3. The van der Waals surface area contributed by atoms with Crippen LogP contribution in [0.1, 0.15) is 61.4 Å². The molecule has 3 aromatic carbocycles. The van der Waals surface area contributed by atoms with Gasteiger partial charge in [-0.1, -0.05) is 60.0 Å². The monoisotopic (exact) mass is 695 g/mol. The summed E-state index contributed by atoms with van der Waals surface area (Å²) in [6.07, 6.45) is 2.03. The number of amides is 1. The zero-order valence-corrected chi connectivity index (χ0v) is 28.0. The Morgan fingerprint density at radius 3 is 2.25 bits per heavy atom. The summed E-state index contributed by atoms with van der Waals surface area (Å²) < 4.78 is 18.3. The fourth-order valence-electron chi connectivity index (χ4n) is 5.79. The number of ether oxygens (including phenoxy) is 3. The number of hydrogen-bond acceptors (Lipinski definition) is 8. The first-order valence-corrected chi connectivity index (χ1v) is 16.4. The summed E-state index contributed by atoms with van der Waals surface area (Å²) in [5.74, 6) is -1.35. The molecule has 0 spiro atoms. The van der Waals surface area contributed by atoms with Gasteiger partial charge in [-0.15, -0.1) is 0 Å². The second kappa shape index (κ2) is 15.5. The van der Waals surface area contributed by atoms with Crippen LogP contribution in [0, 0.1) is 0 Å². The van der Waals surface area contributed by atoms with Gasteiger partial charge >= 0.3 is 17.8 Å². The van der Waals surface area contributed by atoms with Crippen LogP contribution in [0.5, 0.6) is 0 Å². The van der Waals surface area contributed by atoms with Crippen molar-refractivity contribution in [1.82, 2.24) is 14.5 Å². The van der Waals surface area contributed by atoms with Crippen molar-refractivity contribution >= 4 is 52.1 Å². The fraction of sp³-hybridized carbons (Fsp3) is 0.343. The Hall–Kier alpha value is -4.61. The number of rotatable bonds is 10. The maximum absolute atomic E-state index is 13.3. The first-order chi connectivity index (χ1) is 23.0. The summed E-state index contributed by atoms with van der Waals surface area (Å²) >= 11 is 12.5. The normalized spacial score (nSPS) is 14.6. The van der Waals surface area contributed by atoms with Crippen LogP contribution in [0.4, 0.5) is 4.79 Å². The van der Waals surface area contributed by atoms with Gasteiger partial charge in [-0.25, -0.2) is 14.2 Å². The maximum atomic E-state index is 13.3. The van der Waals surface area contributed by atoms with E-state index in [1.165, 1.54) is 23.6 Å². The minimum atomic E-state index is -1.23. The second-order valence-electron chi connectivity index (χ2n) is 11.6. The van der Waals surface area contributed by atoms with E-state index >= 15 is 0 Å². The van der Waals surface area contributed by atoms with Crippen molar-refractivity contribution in [2.24, 2.45) is 7.05 Å². The highest BCUT2D eigenvalue weighted by atomic mass is 35.5. The summed E-state index contributed by atoms with van der Waals surface area (Å²) in [5, 5.41) is 3.46. The van der Waals surface area contributed by atoms with Crippen molar-refractivity contribution in [3.8, 4) is 5.69 Å². The molecule has 0 saturated heterocycles. The van der Waals surface area contributed by atoms with Crippen LogP contribution in [0.15, 0.2) is 76.3 Å². The third-order valence-electron chi connectivity index (χ3n) is 8.17. The van der Waals surface area contributed by atoms with E-state index in [1.807, 2.05) is 0 Å². The van der Waals surface area contributed by atoms with Gasteiger partial charge in [-0.3, -0.25) is 19.0 Å². The Kier molecular flexibility index (Phi) is 11.2. The van der Waals surface area contributed by atoms with Gasteiger partial charge in [0.1, 0.15) is 6.10 Å². The minimum absolute atomic E-state index is 0.0447. The highest BCUT2D eigenvalue weighted by Gasteiger charge is 2.25. The molecule has 1 N–H and O–H groups in total. The van der Waals surface area contributed by atoms with E-state index < -0.39 is 41.6 Å². The largest absolute Gasteiger partial charge is 0.511 e. The minimum Gasteiger partial charge on any atom is -0.431 e. The molecule has 4 aromatic rings. The van der Waals surface area contributed by atoms with Gasteiger partial charge in [-0.05, 0) is 74.1 Å². The molecule has 1 aliphatic carbocycles. The Morgan fingerprint density at radius 1 is 0.896 bits per heavy atom. The Bertz CT molecular complexity index is 1910. The number of aromatic nitrogens is 2. The fourth-order valence-corrected chi connectivity index (χ4v) is 6.36. The van der Waals surface area contributed by atoms with Crippen molar-refractivity contribution in [3.63, 3.8) is 0 Å². The van der Waals surface area contributed by atoms with Crippen LogP contribution in [-0.2, 0) is 32.5 Å². The van der Waals surface area contributed by atoms with E-state index in [0.717, 1.165) is 36.7 Å². The molecule has 0 bridgehead atoms. The third-order valence-corrected chi connectivity index (χ3v) is 8.80. The number of fused-ring (bicyclic) bond motifs is 1. The second-order valence-corrected chi connectivity index (χ2v) is 12.5. The van der Waals surface area contributed by atoms with Crippen LogP contribution >= 0.6 is 23.2 Å². The first kappa shape index (κ1) is 34.7. The van der Waals surface area contributed by atoms with Crippen molar-refractivity contribution < 1.29 is 28.6 Å². The van der Waals surface area contributed by atoms with Gasteiger partial charge in [0.25, 0.3) is 11.5 Å². The molecule has 1 unspecified atom stereocenters. The van der Waals surface area contributed by atoms with E-state index in [9.17, 15) is 24.0 Å². The molecule has 1 aromatic heterocycles. The van der Waals surface area contributed by atoms with Crippen molar-refractivity contribution in [2.75, 3.05) is 0 Å². The average Bonchev–Trinajstić information content (AvgIpc) is 3.04. The highest BCUT2D eigenvalue weighted by Crippen LogP contribution is 2.25. The number of para-hydroxylation sites is 1. The molecule has 5 rings (SSSR count). The molecule has 1 saturated carbocycles. The van der Waals surface area contributed by atoms with Gasteiger partial charge in [-0.2, -0.15) is 0 Å². The predicted molar refractivity (Wildman–Crippen MR) is 181 cm³/mol.